The molecule has 0 saturated carbocycles. The van der Waals surface area contributed by atoms with Crippen molar-refractivity contribution in [2.24, 2.45) is 4.99 Å². The van der Waals surface area contributed by atoms with E-state index in [1.807, 2.05) is 26.0 Å². The highest BCUT2D eigenvalue weighted by Crippen LogP contribution is 1.92. The number of hydrogen-bond acceptors (Lipinski definition) is 1. The molecule has 0 saturated heterocycles. The Balaban J connectivity index is 3.90. The van der Waals surface area contributed by atoms with Gasteiger partial charge in [0.05, 0.1) is 0 Å². The zero-order chi connectivity index (χ0) is 7.98. The van der Waals surface area contributed by atoms with Crippen LogP contribution in [0.1, 0.15) is 13.8 Å². The molecular formula is C9H13N. The zero-order valence-electron chi connectivity index (χ0n) is 6.59. The second-order valence-corrected chi connectivity index (χ2v) is 2.07. The summed E-state index contributed by atoms with van der Waals surface area (Å²) in [5, 5.41) is 0. The minimum atomic E-state index is 0.797. The van der Waals surface area contributed by atoms with Crippen LogP contribution in [0.2, 0.25) is 0 Å². The van der Waals surface area contributed by atoms with Gasteiger partial charge in [-0.1, -0.05) is 25.3 Å². The molecule has 0 aromatic carbocycles. The first kappa shape index (κ1) is 8.89. The molecule has 0 fully saturated rings. The maximum atomic E-state index is 3.97. The largest absolute Gasteiger partial charge is 0.262 e. The highest BCUT2D eigenvalue weighted by Gasteiger charge is 1.78. The van der Waals surface area contributed by atoms with E-state index < -0.39 is 0 Å². The maximum absolute atomic E-state index is 3.97. The van der Waals surface area contributed by atoms with Gasteiger partial charge in [0, 0.05) is 11.9 Å². The van der Waals surface area contributed by atoms with E-state index in [1.165, 1.54) is 0 Å². The molecule has 0 rings (SSSR count). The molecule has 0 aromatic heterocycles. The molecule has 0 spiro atoms. The Morgan fingerprint density at radius 2 is 2.00 bits per heavy atom. The molecule has 0 radical (unpaired) electrons. The van der Waals surface area contributed by atoms with Crippen LogP contribution in [-0.2, 0) is 0 Å². The molecule has 0 aliphatic carbocycles. The summed E-state index contributed by atoms with van der Waals surface area (Å²) in [6.45, 7) is 11.2. The molecule has 1 heteroatoms. The predicted molar refractivity (Wildman–Crippen MR) is 47.3 cm³/mol. The molecule has 0 bridgehead atoms. The Morgan fingerprint density at radius 1 is 1.40 bits per heavy atom. The molecule has 0 amide bonds. The topological polar surface area (TPSA) is 12.4 Å². The smallest absolute Gasteiger partial charge is 0.0337 e. The molecule has 0 heterocycles. The molecule has 54 valence electrons. The van der Waals surface area contributed by atoms with Crippen LogP contribution in [0.5, 0.6) is 0 Å². The van der Waals surface area contributed by atoms with Crippen LogP contribution < -0.4 is 0 Å². The zero-order valence-corrected chi connectivity index (χ0v) is 6.59. The first-order chi connectivity index (χ1) is 4.66. The minimum Gasteiger partial charge on any atom is -0.262 e. The fraction of sp³-hybridized carbons (Fsp3) is 0.222. The van der Waals surface area contributed by atoms with Crippen molar-refractivity contribution in [1.29, 1.82) is 0 Å². The normalized spacial score (nSPS) is 11.0. The summed E-state index contributed by atoms with van der Waals surface area (Å²) in [6.07, 6.45) is 5.52. The van der Waals surface area contributed by atoms with Crippen molar-refractivity contribution in [3.05, 3.63) is 36.6 Å². The van der Waals surface area contributed by atoms with E-state index in [0.29, 0.717) is 0 Å². The average molecular weight is 135 g/mol. The number of nitrogens with zero attached hydrogens (tertiary/aromatic N) is 1. The van der Waals surface area contributed by atoms with Crippen molar-refractivity contribution < 1.29 is 0 Å². The average Bonchev–Trinajstić information content (AvgIpc) is 1.85. The third-order valence-electron chi connectivity index (χ3n) is 0.832. The highest BCUT2D eigenvalue weighted by molar-refractivity contribution is 5.81. The molecule has 0 aromatic rings. The van der Waals surface area contributed by atoms with Crippen LogP contribution in [0, 0.1) is 0 Å². The minimum absolute atomic E-state index is 0.797. The monoisotopic (exact) mass is 135 g/mol. The summed E-state index contributed by atoms with van der Waals surface area (Å²) in [4.78, 5) is 3.97. The lowest BCUT2D eigenvalue weighted by molar-refractivity contribution is 1.34. The molecule has 1 nitrogen and oxygen atoms in total. The standard InChI is InChI=1S/C9H13N/c1-5-6-9(4)7-10-8(2)3/h5-7H,2,4H2,1,3H3/b6-5-,10-7-. The van der Waals surface area contributed by atoms with Crippen molar-refractivity contribution in [1.82, 2.24) is 0 Å². The number of rotatable bonds is 3. The van der Waals surface area contributed by atoms with Crippen molar-refractivity contribution in [3.63, 3.8) is 0 Å². The highest BCUT2D eigenvalue weighted by atomic mass is 14.7. The third kappa shape index (κ3) is 5.04. The molecule has 0 atom stereocenters. The first-order valence-electron chi connectivity index (χ1n) is 3.18. The van der Waals surface area contributed by atoms with E-state index in [-0.39, 0.29) is 0 Å². The van der Waals surface area contributed by atoms with E-state index in [0.717, 1.165) is 11.3 Å². The van der Waals surface area contributed by atoms with Crippen molar-refractivity contribution in [2.75, 3.05) is 0 Å². The van der Waals surface area contributed by atoms with Gasteiger partial charge < -0.3 is 0 Å². The third-order valence-corrected chi connectivity index (χ3v) is 0.832. The Hall–Kier alpha value is -1.11. The molecule has 0 aliphatic rings. The van der Waals surface area contributed by atoms with Crippen molar-refractivity contribution in [2.45, 2.75) is 13.8 Å². The summed E-state index contributed by atoms with van der Waals surface area (Å²) < 4.78 is 0. The summed E-state index contributed by atoms with van der Waals surface area (Å²) in [5.41, 5.74) is 1.69. The van der Waals surface area contributed by atoms with Crippen LogP contribution in [0.4, 0.5) is 0 Å². The van der Waals surface area contributed by atoms with E-state index in [2.05, 4.69) is 18.2 Å². The van der Waals surface area contributed by atoms with Gasteiger partial charge in [-0.25, -0.2) is 0 Å². The summed E-state index contributed by atoms with van der Waals surface area (Å²) in [6, 6.07) is 0. The number of allylic oxidation sites excluding steroid dienone is 4. The van der Waals surface area contributed by atoms with Gasteiger partial charge in [-0.3, -0.25) is 4.99 Å². The predicted octanol–water partition coefficient (Wildman–Crippen LogP) is 2.72. The first-order valence-corrected chi connectivity index (χ1v) is 3.18. The number of aliphatic imine (C=N–C) groups is 1. The maximum Gasteiger partial charge on any atom is 0.0337 e. The fourth-order valence-corrected chi connectivity index (χ4v) is 0.450. The Bertz CT molecular complexity index is 185. The number of hydrogen-bond donors (Lipinski definition) is 0. The summed E-state index contributed by atoms with van der Waals surface area (Å²) >= 11 is 0. The fourth-order valence-electron chi connectivity index (χ4n) is 0.450. The lowest BCUT2D eigenvalue weighted by Gasteiger charge is -1.87. The quantitative estimate of drug-likeness (QED) is 0.417. The Kier molecular flexibility index (Phi) is 4.21. The van der Waals surface area contributed by atoms with E-state index in [9.17, 15) is 0 Å². The van der Waals surface area contributed by atoms with Crippen LogP contribution in [0.3, 0.4) is 0 Å². The van der Waals surface area contributed by atoms with Crippen molar-refractivity contribution >= 4 is 6.21 Å². The molecule has 0 N–H and O–H groups in total. The van der Waals surface area contributed by atoms with Crippen LogP contribution in [-0.4, -0.2) is 6.21 Å². The lowest BCUT2D eigenvalue weighted by Crippen LogP contribution is -1.75. The van der Waals surface area contributed by atoms with Crippen LogP contribution >= 0.6 is 0 Å². The van der Waals surface area contributed by atoms with Gasteiger partial charge in [0.1, 0.15) is 0 Å². The van der Waals surface area contributed by atoms with E-state index in [4.69, 9.17) is 0 Å². The van der Waals surface area contributed by atoms with Gasteiger partial charge >= 0.3 is 0 Å². The second kappa shape index (κ2) is 4.74. The van der Waals surface area contributed by atoms with Gasteiger partial charge in [0.2, 0.25) is 0 Å². The van der Waals surface area contributed by atoms with Gasteiger partial charge in [-0.2, -0.15) is 0 Å². The Morgan fingerprint density at radius 3 is 2.40 bits per heavy atom. The SMILES string of the molecule is C=C(/C=C\C)/C=N\C(=C)C. The van der Waals surface area contributed by atoms with Crippen molar-refractivity contribution in [3.8, 4) is 0 Å². The summed E-state index contributed by atoms with van der Waals surface area (Å²) in [5.74, 6) is 0. The molecular weight excluding hydrogens is 122 g/mol. The van der Waals surface area contributed by atoms with E-state index in [1.54, 1.807) is 6.21 Å². The lowest BCUT2D eigenvalue weighted by atomic mass is 10.3. The summed E-state index contributed by atoms with van der Waals surface area (Å²) in [7, 11) is 0. The van der Waals surface area contributed by atoms with E-state index >= 15 is 0 Å². The molecule has 10 heavy (non-hydrogen) atoms. The van der Waals surface area contributed by atoms with Gasteiger partial charge in [-0.05, 0) is 19.4 Å². The molecule has 0 aliphatic heterocycles. The van der Waals surface area contributed by atoms with Gasteiger partial charge in [-0.15, -0.1) is 0 Å². The van der Waals surface area contributed by atoms with Crippen LogP contribution in [0.25, 0.3) is 0 Å². The van der Waals surface area contributed by atoms with Gasteiger partial charge in [0.15, 0.2) is 0 Å². The van der Waals surface area contributed by atoms with Crippen LogP contribution in [0.15, 0.2) is 41.6 Å². The molecule has 0 unspecified atom stereocenters. The van der Waals surface area contributed by atoms with Gasteiger partial charge in [0.25, 0.3) is 0 Å². The second-order valence-electron chi connectivity index (χ2n) is 2.07. The Labute approximate surface area is 62.5 Å².